The summed E-state index contributed by atoms with van der Waals surface area (Å²) < 4.78 is 5.13. The Balaban J connectivity index is 4.14. The average Bonchev–Trinajstić information content (AvgIpc) is 2.73. The highest BCUT2D eigenvalue weighted by Gasteiger charge is 2.36. The van der Waals surface area contributed by atoms with E-state index in [1.807, 2.05) is 6.92 Å². The number of aliphatic hydroxyl groups excluding tert-OH is 4. The Morgan fingerprint density at radius 3 is 2.00 bits per heavy atom. The lowest BCUT2D eigenvalue weighted by atomic mass is 9.97. The number of ketones is 2. The highest BCUT2D eigenvalue weighted by molar-refractivity contribution is 5.84. The molecule has 0 aromatic heterocycles. The monoisotopic (exact) mass is 448 g/mol. The summed E-state index contributed by atoms with van der Waals surface area (Å²) in [5.74, 6) is -2.01. The van der Waals surface area contributed by atoms with E-state index in [1.165, 1.54) is 6.92 Å². The van der Waals surface area contributed by atoms with Gasteiger partial charge in [0.25, 0.3) is 5.91 Å². The van der Waals surface area contributed by atoms with Crippen LogP contribution in [0.4, 0.5) is 0 Å². The molecule has 4 atom stereocenters. The Bertz CT molecular complexity index is 571. The van der Waals surface area contributed by atoms with Crippen molar-refractivity contribution in [3.63, 3.8) is 0 Å². The normalized spacial score (nSPS) is 14.9. The molecule has 0 bridgehead atoms. The van der Waals surface area contributed by atoms with E-state index in [0.29, 0.717) is 6.42 Å². The molecule has 0 fully saturated rings. The molecule has 0 rings (SSSR count). The van der Waals surface area contributed by atoms with Crippen LogP contribution in [0.25, 0.3) is 0 Å². The fraction of sp³-hybridized carbons (Fsp3) is 0.800. The van der Waals surface area contributed by atoms with Gasteiger partial charge in [0.05, 0.1) is 13.2 Å². The van der Waals surface area contributed by atoms with Crippen LogP contribution in [0.2, 0.25) is 0 Å². The molecule has 11 nitrogen and oxygen atoms in total. The molecule has 0 radical (unpaired) electrons. The van der Waals surface area contributed by atoms with Crippen LogP contribution in [0.5, 0.6) is 0 Å². The first kappa shape index (κ1) is 29.1. The zero-order valence-corrected chi connectivity index (χ0v) is 18.2. The topological polar surface area (TPSA) is 182 Å². The number of amides is 2. The minimum absolute atomic E-state index is 0.00121. The molecule has 0 spiro atoms. The minimum atomic E-state index is -2.04. The number of carbonyl (C=O) groups is 4. The van der Waals surface area contributed by atoms with Gasteiger partial charge in [0.15, 0.2) is 11.9 Å². The van der Waals surface area contributed by atoms with Gasteiger partial charge in [-0.2, -0.15) is 0 Å². The lowest BCUT2D eigenvalue weighted by Crippen LogP contribution is -2.52. The Kier molecular flexibility index (Phi) is 15.7. The summed E-state index contributed by atoms with van der Waals surface area (Å²) in [7, 11) is 0. The van der Waals surface area contributed by atoms with Crippen LogP contribution < -0.4 is 10.6 Å². The molecule has 0 aliphatic carbocycles. The molecular formula is C20H36N2O9. The highest BCUT2D eigenvalue weighted by Crippen LogP contribution is 2.09. The van der Waals surface area contributed by atoms with E-state index in [1.54, 1.807) is 0 Å². The summed E-state index contributed by atoms with van der Waals surface area (Å²) in [5.41, 5.74) is 0. The SMILES string of the molecule is CCCCNC(=O)[C@@H](O)[C@H](O)[C@H](O)[C@@H](O)C(=O)CCCNC(=O)CCOCCC(C)=O. The Morgan fingerprint density at radius 2 is 1.39 bits per heavy atom. The Hall–Kier alpha value is -1.92. The second-order valence-electron chi connectivity index (χ2n) is 7.25. The molecule has 6 N–H and O–H groups in total. The van der Waals surface area contributed by atoms with E-state index in [2.05, 4.69) is 10.6 Å². The summed E-state index contributed by atoms with van der Waals surface area (Å²) in [6, 6.07) is 0. The third-order valence-electron chi connectivity index (χ3n) is 4.42. The van der Waals surface area contributed by atoms with Crippen LogP contribution in [0.3, 0.4) is 0 Å². The first-order valence-corrected chi connectivity index (χ1v) is 10.5. The van der Waals surface area contributed by atoms with Crippen LogP contribution in [0.15, 0.2) is 0 Å². The van der Waals surface area contributed by atoms with E-state index in [4.69, 9.17) is 4.74 Å². The predicted octanol–water partition coefficient (Wildman–Crippen LogP) is -1.80. The first-order chi connectivity index (χ1) is 14.6. The first-order valence-electron chi connectivity index (χ1n) is 10.5. The van der Waals surface area contributed by atoms with Gasteiger partial charge >= 0.3 is 0 Å². The van der Waals surface area contributed by atoms with E-state index in [-0.39, 0.29) is 63.7 Å². The van der Waals surface area contributed by atoms with Gasteiger partial charge in [0, 0.05) is 32.4 Å². The van der Waals surface area contributed by atoms with Crippen molar-refractivity contribution in [3.05, 3.63) is 0 Å². The maximum absolute atomic E-state index is 12.0. The predicted molar refractivity (Wildman–Crippen MR) is 110 cm³/mol. The maximum Gasteiger partial charge on any atom is 0.251 e. The number of aliphatic hydroxyl groups is 4. The number of carbonyl (C=O) groups excluding carboxylic acids is 4. The molecule has 0 aliphatic heterocycles. The van der Waals surface area contributed by atoms with Crippen molar-refractivity contribution in [3.8, 4) is 0 Å². The lowest BCUT2D eigenvalue weighted by Gasteiger charge is -2.25. The van der Waals surface area contributed by atoms with Gasteiger partial charge in [0.2, 0.25) is 5.91 Å². The number of hydrogen-bond acceptors (Lipinski definition) is 9. The van der Waals surface area contributed by atoms with E-state index < -0.39 is 36.1 Å². The molecule has 2 amide bonds. The summed E-state index contributed by atoms with van der Waals surface area (Å²) in [6.07, 6.45) is -6.22. The van der Waals surface area contributed by atoms with Crippen molar-refractivity contribution in [2.24, 2.45) is 0 Å². The van der Waals surface area contributed by atoms with Crippen LogP contribution >= 0.6 is 0 Å². The van der Waals surface area contributed by atoms with Gasteiger partial charge in [-0.3, -0.25) is 19.2 Å². The minimum Gasteiger partial charge on any atom is -0.387 e. The molecule has 0 aromatic carbocycles. The zero-order valence-electron chi connectivity index (χ0n) is 18.2. The van der Waals surface area contributed by atoms with Crippen LogP contribution in [0, 0.1) is 0 Å². The summed E-state index contributed by atoms with van der Waals surface area (Å²) in [5, 5.41) is 44.4. The van der Waals surface area contributed by atoms with Gasteiger partial charge in [-0.1, -0.05) is 13.3 Å². The lowest BCUT2D eigenvalue weighted by molar-refractivity contribution is -0.154. The quantitative estimate of drug-likeness (QED) is 0.132. The van der Waals surface area contributed by atoms with Crippen molar-refractivity contribution in [1.82, 2.24) is 10.6 Å². The molecular weight excluding hydrogens is 412 g/mol. The van der Waals surface area contributed by atoms with Gasteiger partial charge < -0.3 is 35.8 Å². The van der Waals surface area contributed by atoms with Crippen molar-refractivity contribution in [2.75, 3.05) is 26.3 Å². The largest absolute Gasteiger partial charge is 0.387 e. The zero-order chi connectivity index (χ0) is 23.8. The molecule has 180 valence electrons. The molecule has 0 saturated heterocycles. The van der Waals surface area contributed by atoms with Crippen molar-refractivity contribution in [2.45, 2.75) is 76.8 Å². The molecule has 31 heavy (non-hydrogen) atoms. The standard InChI is InChI=1S/C20H36N2O9/c1-3-4-9-22-20(30)19(29)18(28)17(27)16(26)14(24)6-5-10-21-15(25)8-12-31-11-7-13(2)23/h16-19,26-29H,3-12H2,1-2H3,(H,21,25)(H,22,30)/t16-,17+,18+,19-/m0/s1. The van der Waals surface area contributed by atoms with Crippen LogP contribution in [-0.4, -0.2) is 94.5 Å². The van der Waals surface area contributed by atoms with Crippen LogP contribution in [0.1, 0.15) is 52.4 Å². The fourth-order valence-corrected chi connectivity index (χ4v) is 2.42. The molecule has 0 saturated carbocycles. The number of unbranched alkanes of at least 4 members (excludes halogenated alkanes) is 1. The van der Waals surface area contributed by atoms with Crippen molar-refractivity contribution < 1.29 is 44.3 Å². The third-order valence-corrected chi connectivity index (χ3v) is 4.42. The van der Waals surface area contributed by atoms with E-state index in [0.717, 1.165) is 6.42 Å². The van der Waals surface area contributed by atoms with Gasteiger partial charge in [-0.05, 0) is 19.8 Å². The summed E-state index contributed by atoms with van der Waals surface area (Å²) >= 11 is 0. The summed E-state index contributed by atoms with van der Waals surface area (Å²) in [6.45, 7) is 4.19. The number of hydrogen-bond donors (Lipinski definition) is 6. The van der Waals surface area contributed by atoms with Gasteiger partial charge in [-0.25, -0.2) is 0 Å². The molecule has 0 unspecified atom stereocenters. The number of Topliss-reactive ketones (excluding diaryl/α,β-unsaturated/α-hetero) is 2. The van der Waals surface area contributed by atoms with Crippen molar-refractivity contribution >= 4 is 23.4 Å². The van der Waals surface area contributed by atoms with E-state index >= 15 is 0 Å². The van der Waals surface area contributed by atoms with Gasteiger partial charge in [0.1, 0.15) is 24.1 Å². The Labute approximate surface area is 182 Å². The summed E-state index contributed by atoms with van der Waals surface area (Å²) in [4.78, 5) is 46.0. The number of rotatable bonds is 18. The smallest absolute Gasteiger partial charge is 0.251 e. The maximum atomic E-state index is 12.0. The fourth-order valence-electron chi connectivity index (χ4n) is 2.42. The average molecular weight is 449 g/mol. The molecule has 0 heterocycles. The highest BCUT2D eigenvalue weighted by atomic mass is 16.5. The van der Waals surface area contributed by atoms with Crippen molar-refractivity contribution in [1.29, 1.82) is 0 Å². The van der Waals surface area contributed by atoms with Gasteiger partial charge in [-0.15, -0.1) is 0 Å². The second-order valence-corrected chi connectivity index (χ2v) is 7.25. The Morgan fingerprint density at radius 1 is 0.806 bits per heavy atom. The van der Waals surface area contributed by atoms with Crippen LogP contribution in [-0.2, 0) is 23.9 Å². The molecule has 11 heteroatoms. The number of nitrogens with one attached hydrogen (secondary N) is 2. The molecule has 0 aromatic rings. The second kappa shape index (κ2) is 16.7. The number of ether oxygens (including phenoxy) is 1. The third kappa shape index (κ3) is 13.2. The van der Waals surface area contributed by atoms with E-state index in [9.17, 15) is 39.6 Å². The molecule has 0 aliphatic rings.